The van der Waals surface area contributed by atoms with Gasteiger partial charge in [0.15, 0.2) is 0 Å². The minimum absolute atomic E-state index is 0.0522. The summed E-state index contributed by atoms with van der Waals surface area (Å²) in [6, 6.07) is -2.69. The van der Waals surface area contributed by atoms with Crippen molar-refractivity contribution < 1.29 is 28.8 Å². The number of carbonyl (C=O) groups excluding carboxylic acids is 6. The van der Waals surface area contributed by atoms with E-state index >= 15 is 0 Å². The van der Waals surface area contributed by atoms with E-state index in [9.17, 15) is 28.8 Å². The van der Waals surface area contributed by atoms with E-state index in [1.807, 2.05) is 0 Å². The van der Waals surface area contributed by atoms with Gasteiger partial charge in [0.2, 0.25) is 29.4 Å². The number of rotatable bonds is 12. The number of carbonyl (C=O) groups is 6. The van der Waals surface area contributed by atoms with Crippen LogP contribution in [0, 0.1) is 28.1 Å². The van der Waals surface area contributed by atoms with Gasteiger partial charge < -0.3 is 32.3 Å². The van der Waals surface area contributed by atoms with Crippen LogP contribution in [0.2, 0.25) is 0 Å². The number of ketones is 1. The van der Waals surface area contributed by atoms with Crippen LogP contribution >= 0.6 is 0 Å². The van der Waals surface area contributed by atoms with Crippen molar-refractivity contribution in [3.8, 4) is 0 Å². The minimum Gasteiger partial charge on any atom is -0.363 e. The Bertz CT molecular complexity index is 1260. The van der Waals surface area contributed by atoms with Crippen LogP contribution in [-0.4, -0.2) is 77.0 Å². The predicted molar refractivity (Wildman–Crippen MR) is 170 cm³/mol. The lowest BCUT2D eigenvalue weighted by Crippen LogP contribution is -2.59. The molecular formula is C34H54N6O6. The minimum atomic E-state index is -1.17. The van der Waals surface area contributed by atoms with Crippen molar-refractivity contribution in [2.75, 3.05) is 13.1 Å². The number of fused-ring (bicyclic) bond motifs is 1. The van der Waals surface area contributed by atoms with Gasteiger partial charge in [0.05, 0.1) is 18.1 Å². The molecule has 12 heteroatoms. The average molecular weight is 643 g/mol. The summed E-state index contributed by atoms with van der Waals surface area (Å²) in [7, 11) is 0. The fourth-order valence-electron chi connectivity index (χ4n) is 9.39. The summed E-state index contributed by atoms with van der Waals surface area (Å²) in [5, 5.41) is 8.42. The van der Waals surface area contributed by atoms with E-state index in [-0.39, 0.29) is 34.6 Å². The van der Waals surface area contributed by atoms with Crippen LogP contribution in [0.1, 0.15) is 111 Å². The van der Waals surface area contributed by atoms with Crippen LogP contribution in [-0.2, 0) is 28.8 Å². The molecule has 4 saturated carbocycles. The number of hydrogen-bond acceptors (Lipinski definition) is 7. The first kappa shape index (κ1) is 34.3. The van der Waals surface area contributed by atoms with Gasteiger partial charge in [-0.15, -0.1) is 0 Å². The van der Waals surface area contributed by atoms with Gasteiger partial charge in [0.25, 0.3) is 5.91 Å². The van der Waals surface area contributed by atoms with E-state index in [0.29, 0.717) is 19.4 Å². The molecule has 5 aliphatic rings. The second kappa shape index (κ2) is 12.5. The van der Waals surface area contributed by atoms with Gasteiger partial charge in [-0.2, -0.15) is 0 Å². The number of likely N-dealkylation sites (tertiary alicyclic amines) is 1. The SMILES string of the molecule is CC(C)(N)C(=O)N[C@H](C(=O)NCC(=O)N1C[C@]2(C[C@H]1C(=O)NC(CC1CCC1)C(=O)C(N)=O)C(C)(C)C21CCC1)C1CCCCC1. The van der Waals surface area contributed by atoms with Crippen LogP contribution < -0.4 is 27.4 Å². The Morgan fingerprint density at radius 3 is 2.04 bits per heavy atom. The van der Waals surface area contributed by atoms with E-state index in [1.165, 1.54) is 0 Å². The zero-order valence-electron chi connectivity index (χ0n) is 28.0. The standard InChI is InChI=1S/C34H54N6O6/c1-31(2,36)30(46)39-25(21-12-6-5-7-13-21)29(45)37-18-24(41)40-19-34(32(3,4)33(34)14-9-15-33)17-23(40)28(44)38-22(26(42)27(35)43)16-20-10-8-11-20/h20-23,25H,5-19,36H2,1-4H3,(H2,35,43)(H,37,45)(H,38,44)(H,39,46)/t22?,23-,25-,34+/m0/s1. The molecule has 1 aliphatic heterocycles. The third-order valence-electron chi connectivity index (χ3n) is 12.8. The van der Waals surface area contributed by atoms with Gasteiger partial charge in [-0.05, 0) is 75.0 Å². The largest absolute Gasteiger partial charge is 0.363 e. The fraction of sp³-hybridized carbons (Fsp3) is 0.824. The van der Waals surface area contributed by atoms with Crippen LogP contribution in [0.25, 0.3) is 0 Å². The molecule has 5 rings (SSSR count). The smallest absolute Gasteiger partial charge is 0.287 e. The third-order valence-corrected chi connectivity index (χ3v) is 12.8. The van der Waals surface area contributed by atoms with Crippen molar-refractivity contribution in [1.29, 1.82) is 0 Å². The Hall–Kier alpha value is -3.02. The molecule has 2 spiro atoms. The number of nitrogens with zero attached hydrogens (tertiary/aromatic N) is 1. The van der Waals surface area contributed by atoms with Crippen LogP contribution in [0.4, 0.5) is 0 Å². The Kier molecular flexibility index (Phi) is 9.36. The second-order valence-corrected chi connectivity index (χ2v) is 16.0. The molecule has 256 valence electrons. The number of Topliss-reactive ketones (excluding diaryl/α,β-unsaturated/α-hetero) is 1. The molecule has 5 amide bonds. The zero-order chi connectivity index (χ0) is 33.7. The second-order valence-electron chi connectivity index (χ2n) is 16.0. The normalized spacial score (nSPS) is 28.0. The number of primary amides is 1. The van der Waals surface area contributed by atoms with Crippen LogP contribution in [0.15, 0.2) is 0 Å². The first-order valence-electron chi connectivity index (χ1n) is 17.4. The molecule has 46 heavy (non-hydrogen) atoms. The van der Waals surface area contributed by atoms with Crippen molar-refractivity contribution >= 4 is 35.3 Å². The quantitative estimate of drug-likeness (QED) is 0.199. The van der Waals surface area contributed by atoms with Crippen molar-refractivity contribution in [2.24, 2.45) is 39.5 Å². The number of nitrogens with two attached hydrogens (primary N) is 2. The van der Waals surface area contributed by atoms with E-state index in [1.54, 1.807) is 18.7 Å². The monoisotopic (exact) mass is 642 g/mol. The summed E-state index contributed by atoms with van der Waals surface area (Å²) < 4.78 is 0. The fourth-order valence-corrected chi connectivity index (χ4v) is 9.39. The van der Waals surface area contributed by atoms with Gasteiger partial charge >= 0.3 is 0 Å². The molecule has 1 unspecified atom stereocenters. The van der Waals surface area contributed by atoms with E-state index < -0.39 is 59.0 Å². The lowest BCUT2D eigenvalue weighted by molar-refractivity contribution is -0.142. The highest BCUT2D eigenvalue weighted by Crippen LogP contribution is 2.88. The van der Waals surface area contributed by atoms with Gasteiger partial charge in [0.1, 0.15) is 12.1 Å². The van der Waals surface area contributed by atoms with E-state index in [0.717, 1.165) is 70.6 Å². The van der Waals surface area contributed by atoms with Gasteiger partial charge in [-0.3, -0.25) is 28.8 Å². The van der Waals surface area contributed by atoms with Crippen molar-refractivity contribution in [3.63, 3.8) is 0 Å². The van der Waals surface area contributed by atoms with Crippen LogP contribution in [0.3, 0.4) is 0 Å². The summed E-state index contributed by atoms with van der Waals surface area (Å²) in [6.45, 7) is 7.64. The molecule has 0 aromatic carbocycles. The highest BCUT2D eigenvalue weighted by molar-refractivity contribution is 6.37. The first-order chi connectivity index (χ1) is 21.5. The maximum Gasteiger partial charge on any atom is 0.287 e. The van der Waals surface area contributed by atoms with Gasteiger partial charge in [-0.1, -0.05) is 58.8 Å². The lowest BCUT2D eigenvalue weighted by atomic mass is 9.73. The molecule has 7 N–H and O–H groups in total. The third kappa shape index (κ3) is 5.94. The highest BCUT2D eigenvalue weighted by Gasteiger charge is 2.85. The average Bonchev–Trinajstić information content (AvgIpc) is 3.17. The molecule has 0 aromatic heterocycles. The maximum atomic E-state index is 13.9. The number of nitrogens with one attached hydrogen (secondary N) is 3. The number of hydrogen-bond donors (Lipinski definition) is 5. The Balaban J connectivity index is 1.32. The summed E-state index contributed by atoms with van der Waals surface area (Å²) in [5.74, 6) is -3.48. The zero-order valence-corrected chi connectivity index (χ0v) is 28.0. The Morgan fingerprint density at radius 2 is 1.54 bits per heavy atom. The molecular weight excluding hydrogens is 588 g/mol. The van der Waals surface area contributed by atoms with E-state index in [4.69, 9.17) is 11.5 Å². The summed E-state index contributed by atoms with van der Waals surface area (Å²) in [6.07, 6.45) is 11.5. The number of amides is 5. The summed E-state index contributed by atoms with van der Waals surface area (Å²) in [4.78, 5) is 80.4. The molecule has 4 aliphatic carbocycles. The summed E-state index contributed by atoms with van der Waals surface area (Å²) >= 11 is 0. The van der Waals surface area contributed by atoms with Crippen molar-refractivity contribution in [2.45, 2.75) is 135 Å². The van der Waals surface area contributed by atoms with E-state index in [2.05, 4.69) is 29.8 Å². The maximum absolute atomic E-state index is 13.9. The molecule has 1 saturated heterocycles. The van der Waals surface area contributed by atoms with Gasteiger partial charge in [-0.25, -0.2) is 0 Å². The van der Waals surface area contributed by atoms with Crippen molar-refractivity contribution in [3.05, 3.63) is 0 Å². The molecule has 0 aromatic rings. The highest BCUT2D eigenvalue weighted by atomic mass is 16.2. The molecule has 12 nitrogen and oxygen atoms in total. The van der Waals surface area contributed by atoms with Crippen molar-refractivity contribution in [1.82, 2.24) is 20.9 Å². The predicted octanol–water partition coefficient (Wildman–Crippen LogP) is 1.43. The molecule has 4 atom stereocenters. The molecule has 1 heterocycles. The topological polar surface area (TPSA) is 194 Å². The van der Waals surface area contributed by atoms with Crippen LogP contribution in [0.5, 0.6) is 0 Å². The molecule has 0 bridgehead atoms. The first-order valence-corrected chi connectivity index (χ1v) is 17.4. The van der Waals surface area contributed by atoms with Gasteiger partial charge in [0, 0.05) is 12.0 Å². The summed E-state index contributed by atoms with van der Waals surface area (Å²) in [5.41, 5.74) is 9.92. The lowest BCUT2D eigenvalue weighted by Gasteiger charge is -2.32. The Labute approximate surface area is 272 Å². The molecule has 5 fully saturated rings. The molecule has 0 radical (unpaired) electrons. The Morgan fingerprint density at radius 1 is 0.891 bits per heavy atom.